The molecule has 1 saturated carbocycles. The summed E-state index contributed by atoms with van der Waals surface area (Å²) in [7, 11) is 0. The van der Waals surface area contributed by atoms with Crippen molar-refractivity contribution in [3.05, 3.63) is 123 Å². The summed E-state index contributed by atoms with van der Waals surface area (Å²) in [6, 6.07) is 26.0. The van der Waals surface area contributed by atoms with Gasteiger partial charge in [-0.3, -0.25) is 19.3 Å². The number of hydrogen-bond acceptors (Lipinski definition) is 4. The summed E-state index contributed by atoms with van der Waals surface area (Å²) in [5.74, 6) is -0.739. The molecule has 220 valence electrons. The van der Waals surface area contributed by atoms with E-state index in [4.69, 9.17) is 28.3 Å². The van der Waals surface area contributed by atoms with E-state index in [9.17, 15) is 14.4 Å². The van der Waals surface area contributed by atoms with Crippen LogP contribution < -0.4 is 0 Å². The molecule has 7 rings (SSSR count). The molecule has 3 amide bonds. The Bertz CT molecular complexity index is 1810. The topological polar surface area (TPSA) is 70.1 Å². The quantitative estimate of drug-likeness (QED) is 0.203. The van der Waals surface area contributed by atoms with Crippen LogP contribution in [-0.2, 0) is 4.79 Å². The number of allylic oxidation sites excluding steroid dienone is 1. The van der Waals surface area contributed by atoms with E-state index in [1.807, 2.05) is 72.8 Å². The van der Waals surface area contributed by atoms with Crippen molar-refractivity contribution in [1.29, 1.82) is 0 Å². The van der Waals surface area contributed by atoms with Crippen molar-refractivity contribution in [3.63, 3.8) is 0 Å². The van der Waals surface area contributed by atoms with Gasteiger partial charge in [-0.1, -0.05) is 71.7 Å². The van der Waals surface area contributed by atoms with Gasteiger partial charge in [0.2, 0.25) is 5.91 Å². The number of amides is 3. The molecule has 0 spiro atoms. The number of benzene rings is 4. The van der Waals surface area contributed by atoms with Crippen LogP contribution in [0.15, 0.2) is 95.6 Å². The van der Waals surface area contributed by atoms with E-state index in [2.05, 4.69) is 6.08 Å². The average Bonchev–Trinajstić information content (AvgIpc) is 3.43. The van der Waals surface area contributed by atoms with Crippen LogP contribution in [0.5, 0.6) is 0 Å². The van der Waals surface area contributed by atoms with Crippen LogP contribution in [0, 0.1) is 5.92 Å². The van der Waals surface area contributed by atoms with Gasteiger partial charge in [-0.25, -0.2) is 5.01 Å². The Balaban J connectivity index is 1.13. The van der Waals surface area contributed by atoms with Crippen LogP contribution in [0.3, 0.4) is 0 Å². The maximum atomic E-state index is 13.9. The fraction of sp³-hybridized carbons (Fsp3) is 0.222. The fourth-order valence-electron chi connectivity index (χ4n) is 6.75. The maximum Gasteiger partial charge on any atom is 0.261 e. The van der Waals surface area contributed by atoms with Gasteiger partial charge in [0, 0.05) is 45.4 Å². The van der Waals surface area contributed by atoms with E-state index in [1.165, 1.54) is 4.90 Å². The zero-order valence-electron chi connectivity index (χ0n) is 23.9. The Labute approximate surface area is 265 Å². The number of fused-ring (bicyclic) bond motifs is 1. The van der Waals surface area contributed by atoms with Crippen LogP contribution in [0.25, 0.3) is 16.8 Å². The molecule has 4 aromatic carbocycles. The van der Waals surface area contributed by atoms with Crippen LogP contribution in [0.4, 0.5) is 0 Å². The maximum absolute atomic E-state index is 13.9. The first-order chi connectivity index (χ1) is 21.4. The van der Waals surface area contributed by atoms with Gasteiger partial charge in [0.1, 0.15) is 0 Å². The number of hydrazone groups is 1. The third-order valence-electron chi connectivity index (χ3n) is 8.81. The molecule has 2 heterocycles. The summed E-state index contributed by atoms with van der Waals surface area (Å²) in [4.78, 5) is 41.8. The molecule has 2 atom stereocenters. The van der Waals surface area contributed by atoms with Crippen LogP contribution >= 0.6 is 23.2 Å². The Morgan fingerprint density at radius 3 is 2.16 bits per heavy atom. The van der Waals surface area contributed by atoms with E-state index < -0.39 is 0 Å². The van der Waals surface area contributed by atoms with Gasteiger partial charge in [-0.05, 0) is 90.2 Å². The molecule has 0 bridgehead atoms. The third-order valence-corrected chi connectivity index (χ3v) is 9.31. The molecular weight excluding hydrogens is 593 g/mol. The molecule has 0 unspecified atom stereocenters. The average molecular weight is 623 g/mol. The number of imide groups is 1. The van der Waals surface area contributed by atoms with Gasteiger partial charge >= 0.3 is 0 Å². The first-order valence-electron chi connectivity index (χ1n) is 14.9. The lowest BCUT2D eigenvalue weighted by atomic mass is 9.77. The minimum atomic E-state index is -0.324. The first-order valence-corrected chi connectivity index (χ1v) is 15.6. The normalized spacial score (nSPS) is 20.3. The van der Waals surface area contributed by atoms with Gasteiger partial charge < -0.3 is 0 Å². The molecule has 1 fully saturated rings. The number of carbonyl (C=O) groups excluding carboxylic acids is 3. The monoisotopic (exact) mass is 621 g/mol. The molecule has 44 heavy (non-hydrogen) atoms. The smallest absolute Gasteiger partial charge is 0.261 e. The second kappa shape index (κ2) is 11.7. The van der Waals surface area contributed by atoms with Gasteiger partial charge in [-0.15, -0.1) is 0 Å². The minimum Gasteiger partial charge on any atom is -0.274 e. The molecular formula is C36H29Cl2N3O3. The Morgan fingerprint density at radius 1 is 0.864 bits per heavy atom. The highest BCUT2D eigenvalue weighted by molar-refractivity contribution is 6.31. The summed E-state index contributed by atoms with van der Waals surface area (Å²) >= 11 is 12.3. The van der Waals surface area contributed by atoms with Crippen molar-refractivity contribution >= 4 is 63.5 Å². The lowest BCUT2D eigenvalue weighted by molar-refractivity contribution is -0.133. The molecule has 0 saturated heterocycles. The number of hydrogen-bond donors (Lipinski definition) is 0. The highest BCUT2D eigenvalue weighted by Crippen LogP contribution is 2.45. The second-order valence-corrected chi connectivity index (χ2v) is 12.4. The molecule has 6 nitrogen and oxygen atoms in total. The predicted molar refractivity (Wildman–Crippen MR) is 174 cm³/mol. The Morgan fingerprint density at radius 2 is 1.50 bits per heavy atom. The Kier molecular flexibility index (Phi) is 7.57. The predicted octanol–water partition coefficient (Wildman–Crippen LogP) is 8.35. The van der Waals surface area contributed by atoms with Gasteiger partial charge in [-0.2, -0.15) is 5.10 Å². The molecule has 0 aromatic heterocycles. The van der Waals surface area contributed by atoms with E-state index >= 15 is 0 Å². The van der Waals surface area contributed by atoms with E-state index in [0.717, 1.165) is 47.1 Å². The van der Waals surface area contributed by atoms with Crippen molar-refractivity contribution in [2.24, 2.45) is 11.0 Å². The molecule has 0 N–H and O–H groups in total. The molecule has 4 aromatic rings. The summed E-state index contributed by atoms with van der Waals surface area (Å²) < 4.78 is 0. The number of carbonyl (C=O) groups is 3. The number of halogens is 2. The molecule has 2 aliphatic heterocycles. The molecule has 0 radical (unpaired) electrons. The molecule has 8 heteroatoms. The summed E-state index contributed by atoms with van der Waals surface area (Å²) in [5.41, 5.74) is 5.10. The van der Waals surface area contributed by atoms with Crippen molar-refractivity contribution in [2.45, 2.75) is 38.1 Å². The largest absolute Gasteiger partial charge is 0.274 e. The summed E-state index contributed by atoms with van der Waals surface area (Å²) in [5, 5.41) is 9.46. The van der Waals surface area contributed by atoms with E-state index in [-0.39, 0.29) is 42.6 Å². The second-order valence-electron chi connectivity index (χ2n) is 11.5. The third kappa shape index (κ3) is 5.12. The zero-order chi connectivity index (χ0) is 30.4. The van der Waals surface area contributed by atoms with Crippen LogP contribution in [0.2, 0.25) is 10.0 Å². The molecule has 1 aliphatic carbocycles. The zero-order valence-corrected chi connectivity index (χ0v) is 25.4. The minimum absolute atomic E-state index is 0.0506. The van der Waals surface area contributed by atoms with Gasteiger partial charge in [0.25, 0.3) is 11.8 Å². The molecule has 3 aliphatic rings. The summed E-state index contributed by atoms with van der Waals surface area (Å²) in [6.45, 7) is 0.148. The fourth-order valence-corrected chi connectivity index (χ4v) is 7.00. The number of nitrogens with zero attached hydrogens (tertiary/aromatic N) is 3. The number of rotatable bonds is 6. The van der Waals surface area contributed by atoms with Crippen LogP contribution in [0.1, 0.15) is 70.0 Å². The first kappa shape index (κ1) is 28.5. The van der Waals surface area contributed by atoms with Crippen molar-refractivity contribution in [2.75, 3.05) is 6.54 Å². The van der Waals surface area contributed by atoms with Crippen molar-refractivity contribution in [1.82, 2.24) is 9.91 Å². The van der Waals surface area contributed by atoms with Crippen LogP contribution in [-0.4, -0.2) is 39.9 Å². The van der Waals surface area contributed by atoms with Crippen molar-refractivity contribution < 1.29 is 14.4 Å². The summed E-state index contributed by atoms with van der Waals surface area (Å²) in [6.07, 6.45) is 5.40. The highest BCUT2D eigenvalue weighted by Gasteiger charge is 2.43. The van der Waals surface area contributed by atoms with E-state index in [0.29, 0.717) is 33.0 Å². The Hall–Kier alpha value is -4.26. The van der Waals surface area contributed by atoms with Gasteiger partial charge in [0.05, 0.1) is 11.8 Å². The van der Waals surface area contributed by atoms with E-state index in [1.54, 1.807) is 17.1 Å². The lowest BCUT2D eigenvalue weighted by Crippen LogP contribution is -2.41. The lowest BCUT2D eigenvalue weighted by Gasteiger charge is -2.30. The standard InChI is InChI=1S/C36H29Cl2N3O3/c37-26-16-12-22(13-17-26)21-25-7-3-10-30-33(25)39-41(34(30)24-14-18-27(38)19-15-24)31(42)11-4-20-40-35(43)28-8-1-5-23-6-2-9-29(32(23)28)36(40)44/h1-2,5-6,8-9,12-19,21,30,34H,3-4,7,10-11,20H2/b25-21-/t30-,34-/m1/s1. The highest BCUT2D eigenvalue weighted by atomic mass is 35.5. The SMILES string of the molecule is O=C1c2cccc3cccc(c23)C(=O)N1CCCC(=O)N1N=C2/C(=C\c3ccc(Cl)cc3)CCC[C@H]2[C@H]1c1ccc(Cl)cc1. The van der Waals surface area contributed by atoms with Gasteiger partial charge in [0.15, 0.2) is 0 Å². The van der Waals surface area contributed by atoms with Crippen molar-refractivity contribution in [3.8, 4) is 0 Å².